The molecule has 0 saturated heterocycles. The first-order valence-corrected chi connectivity index (χ1v) is 7.12. The van der Waals surface area contributed by atoms with E-state index in [1.807, 2.05) is 13.8 Å². The van der Waals surface area contributed by atoms with E-state index in [2.05, 4.69) is 4.98 Å². The zero-order chi connectivity index (χ0) is 13.8. The number of aliphatic carboxylic acids is 1. The molecule has 18 heavy (non-hydrogen) atoms. The molecule has 1 heterocycles. The highest BCUT2D eigenvalue weighted by atomic mass is 32.2. The topological polar surface area (TPSA) is 63.3 Å². The van der Waals surface area contributed by atoms with E-state index in [9.17, 15) is 4.79 Å². The Balaban J connectivity index is 2.22. The van der Waals surface area contributed by atoms with Gasteiger partial charge in [0.2, 0.25) is 0 Å². The summed E-state index contributed by atoms with van der Waals surface area (Å²) < 4.78 is 5.46. The van der Waals surface area contributed by atoms with E-state index in [1.54, 1.807) is 25.6 Å². The van der Waals surface area contributed by atoms with Gasteiger partial charge in [0, 0.05) is 5.75 Å². The second-order valence-electron chi connectivity index (χ2n) is 5.12. The number of hydrogen-bond donors (Lipinski definition) is 1. The minimum Gasteiger partial charge on any atom is -0.481 e. The standard InChI is InChI=1S/C13H21NO3S/c1-9-10(2)17-12(14-9)18-8-6-5-7-13(3,4)11(15)16/h5-8H2,1-4H3,(H,15,16). The van der Waals surface area contributed by atoms with Gasteiger partial charge in [-0.05, 0) is 40.5 Å². The van der Waals surface area contributed by atoms with Gasteiger partial charge < -0.3 is 9.52 Å². The van der Waals surface area contributed by atoms with E-state index in [0.29, 0.717) is 11.6 Å². The summed E-state index contributed by atoms with van der Waals surface area (Å²) in [5, 5.41) is 9.69. The Labute approximate surface area is 112 Å². The highest BCUT2D eigenvalue weighted by molar-refractivity contribution is 7.99. The second kappa shape index (κ2) is 6.27. The smallest absolute Gasteiger partial charge is 0.309 e. The van der Waals surface area contributed by atoms with Crippen LogP contribution in [0.3, 0.4) is 0 Å². The van der Waals surface area contributed by atoms with E-state index in [-0.39, 0.29) is 0 Å². The molecule has 0 amide bonds. The minimum absolute atomic E-state index is 0.624. The molecule has 4 nitrogen and oxygen atoms in total. The molecule has 1 aromatic heterocycles. The number of oxazole rings is 1. The number of carboxylic acid groups (broad SMARTS) is 1. The average Bonchev–Trinajstić information content (AvgIpc) is 2.57. The minimum atomic E-state index is -0.728. The average molecular weight is 271 g/mol. The van der Waals surface area contributed by atoms with Crippen LogP contribution in [0.1, 0.15) is 44.6 Å². The Morgan fingerprint density at radius 3 is 2.56 bits per heavy atom. The first-order valence-electron chi connectivity index (χ1n) is 6.13. The van der Waals surface area contributed by atoms with E-state index in [4.69, 9.17) is 9.52 Å². The Hall–Kier alpha value is -0.970. The summed E-state index contributed by atoms with van der Waals surface area (Å²) in [5.74, 6) is 1.05. The van der Waals surface area contributed by atoms with Crippen LogP contribution in [-0.2, 0) is 4.79 Å². The van der Waals surface area contributed by atoms with Gasteiger partial charge >= 0.3 is 5.97 Å². The summed E-state index contributed by atoms with van der Waals surface area (Å²) in [5.41, 5.74) is 0.311. The Morgan fingerprint density at radius 2 is 2.06 bits per heavy atom. The third-order valence-corrected chi connectivity index (χ3v) is 3.92. The number of nitrogens with zero attached hydrogens (tertiary/aromatic N) is 1. The van der Waals surface area contributed by atoms with Gasteiger partial charge in [-0.1, -0.05) is 18.2 Å². The maximum absolute atomic E-state index is 10.9. The molecule has 0 fully saturated rings. The van der Waals surface area contributed by atoms with Crippen LogP contribution in [0.5, 0.6) is 0 Å². The van der Waals surface area contributed by atoms with Crippen molar-refractivity contribution in [2.75, 3.05) is 5.75 Å². The summed E-state index contributed by atoms with van der Waals surface area (Å²) in [7, 11) is 0. The lowest BCUT2D eigenvalue weighted by molar-refractivity contribution is -0.147. The van der Waals surface area contributed by atoms with E-state index in [0.717, 1.165) is 30.0 Å². The number of hydrogen-bond acceptors (Lipinski definition) is 4. The first kappa shape index (κ1) is 15.1. The molecule has 1 N–H and O–H groups in total. The molecule has 0 aliphatic carbocycles. The number of rotatable bonds is 7. The molecule has 0 radical (unpaired) electrons. The van der Waals surface area contributed by atoms with Crippen molar-refractivity contribution in [2.24, 2.45) is 5.41 Å². The Kier molecular flexibility index (Phi) is 5.26. The maximum Gasteiger partial charge on any atom is 0.309 e. The van der Waals surface area contributed by atoms with Crippen LogP contribution < -0.4 is 0 Å². The maximum atomic E-state index is 10.9. The highest BCUT2D eigenvalue weighted by Gasteiger charge is 2.25. The zero-order valence-corrected chi connectivity index (χ0v) is 12.3. The van der Waals surface area contributed by atoms with E-state index < -0.39 is 11.4 Å². The fraction of sp³-hybridized carbons (Fsp3) is 0.692. The van der Waals surface area contributed by atoms with Crippen molar-refractivity contribution in [1.29, 1.82) is 0 Å². The number of carbonyl (C=O) groups is 1. The summed E-state index contributed by atoms with van der Waals surface area (Å²) in [6.45, 7) is 7.37. The molecule has 1 rings (SSSR count). The lowest BCUT2D eigenvalue weighted by Gasteiger charge is -2.18. The number of aromatic nitrogens is 1. The summed E-state index contributed by atoms with van der Waals surface area (Å²) in [6, 6.07) is 0. The van der Waals surface area contributed by atoms with E-state index in [1.165, 1.54) is 0 Å². The quantitative estimate of drug-likeness (QED) is 0.605. The normalized spacial score (nSPS) is 11.8. The molecule has 1 aromatic rings. The van der Waals surface area contributed by atoms with Crippen molar-refractivity contribution < 1.29 is 14.3 Å². The molecule has 5 heteroatoms. The molecule has 0 saturated carbocycles. The van der Waals surface area contributed by atoms with Crippen LogP contribution in [0.25, 0.3) is 0 Å². The summed E-state index contributed by atoms with van der Waals surface area (Å²) >= 11 is 1.59. The number of unbranched alkanes of at least 4 members (excludes halogenated alkanes) is 1. The SMILES string of the molecule is Cc1nc(SCCCCC(C)(C)C(=O)O)oc1C. The fourth-order valence-corrected chi connectivity index (χ4v) is 2.35. The first-order chi connectivity index (χ1) is 8.33. The third kappa shape index (κ3) is 4.37. The van der Waals surface area contributed by atoms with Crippen LogP contribution in [0, 0.1) is 19.3 Å². The van der Waals surface area contributed by atoms with Crippen LogP contribution in [0.4, 0.5) is 0 Å². The molecule has 0 aromatic carbocycles. The molecule has 0 atom stereocenters. The van der Waals surface area contributed by atoms with Crippen LogP contribution >= 0.6 is 11.8 Å². The zero-order valence-electron chi connectivity index (χ0n) is 11.4. The third-order valence-electron chi connectivity index (χ3n) is 3.01. The van der Waals surface area contributed by atoms with Gasteiger partial charge in [0.1, 0.15) is 5.76 Å². The van der Waals surface area contributed by atoms with Crippen LogP contribution in [0.15, 0.2) is 9.64 Å². The van der Waals surface area contributed by atoms with Crippen molar-refractivity contribution in [3.63, 3.8) is 0 Å². The number of carboxylic acids is 1. The Morgan fingerprint density at radius 1 is 1.39 bits per heavy atom. The van der Waals surface area contributed by atoms with Crippen molar-refractivity contribution in [1.82, 2.24) is 4.98 Å². The predicted molar refractivity (Wildman–Crippen MR) is 72.0 cm³/mol. The molecular weight excluding hydrogens is 250 g/mol. The lowest BCUT2D eigenvalue weighted by Crippen LogP contribution is -2.23. The second-order valence-corrected chi connectivity index (χ2v) is 6.16. The van der Waals surface area contributed by atoms with Crippen molar-refractivity contribution in [2.45, 2.75) is 52.2 Å². The largest absolute Gasteiger partial charge is 0.481 e. The van der Waals surface area contributed by atoms with Gasteiger partial charge in [-0.15, -0.1) is 0 Å². The highest BCUT2D eigenvalue weighted by Crippen LogP contribution is 2.25. The van der Waals surface area contributed by atoms with E-state index >= 15 is 0 Å². The molecule has 0 bridgehead atoms. The summed E-state index contributed by atoms with van der Waals surface area (Å²) in [4.78, 5) is 15.2. The van der Waals surface area contributed by atoms with Gasteiger partial charge in [-0.2, -0.15) is 0 Å². The molecule has 0 aliphatic rings. The fourth-order valence-electron chi connectivity index (χ4n) is 1.44. The molecule has 0 unspecified atom stereocenters. The van der Waals surface area contributed by atoms with Gasteiger partial charge in [0.15, 0.2) is 0 Å². The molecule has 0 spiro atoms. The van der Waals surface area contributed by atoms with Crippen LogP contribution in [0.2, 0.25) is 0 Å². The monoisotopic (exact) mass is 271 g/mol. The van der Waals surface area contributed by atoms with Gasteiger partial charge in [0.05, 0.1) is 11.1 Å². The van der Waals surface area contributed by atoms with Gasteiger partial charge in [-0.25, -0.2) is 4.98 Å². The summed E-state index contributed by atoms with van der Waals surface area (Å²) in [6.07, 6.45) is 2.58. The van der Waals surface area contributed by atoms with Crippen molar-refractivity contribution in [3.8, 4) is 0 Å². The van der Waals surface area contributed by atoms with Gasteiger partial charge in [-0.3, -0.25) is 4.79 Å². The van der Waals surface area contributed by atoms with Crippen molar-refractivity contribution >= 4 is 17.7 Å². The number of thioether (sulfide) groups is 1. The predicted octanol–water partition coefficient (Wildman–Crippen LogP) is 3.66. The Bertz CT molecular complexity index is 393. The number of aryl methyl sites for hydroxylation is 2. The molecular formula is C13H21NO3S. The molecule has 0 aliphatic heterocycles. The van der Waals surface area contributed by atoms with Crippen molar-refractivity contribution in [3.05, 3.63) is 11.5 Å². The molecule has 102 valence electrons. The van der Waals surface area contributed by atoms with Gasteiger partial charge in [0.25, 0.3) is 5.22 Å². The van der Waals surface area contributed by atoms with Crippen LogP contribution in [-0.4, -0.2) is 21.8 Å². The lowest BCUT2D eigenvalue weighted by atomic mass is 9.88.